The average Bonchev–Trinajstić information content (AvgIpc) is 2.74. The zero-order chi connectivity index (χ0) is 23.2. The molecular weight excluding hydrogens is 438 g/mol. The topological polar surface area (TPSA) is 86.8 Å². The number of sulfonamides is 1. The van der Waals surface area contributed by atoms with Gasteiger partial charge in [0.2, 0.25) is 21.8 Å². The predicted molar refractivity (Wildman–Crippen MR) is 124 cm³/mol. The van der Waals surface area contributed by atoms with Crippen LogP contribution < -0.4 is 9.62 Å². The molecule has 31 heavy (non-hydrogen) atoms. The Bertz CT molecular complexity index is 1040. The first-order chi connectivity index (χ1) is 14.6. The summed E-state index contributed by atoms with van der Waals surface area (Å²) in [6, 6.07) is 13.2. The number of hydrogen-bond acceptors (Lipinski definition) is 4. The minimum atomic E-state index is -3.75. The van der Waals surface area contributed by atoms with Crippen LogP contribution in [0, 0.1) is 0 Å². The molecule has 2 rings (SSSR count). The molecule has 0 aliphatic heterocycles. The summed E-state index contributed by atoms with van der Waals surface area (Å²) < 4.78 is 26.3. The molecule has 0 bridgehead atoms. The molecule has 0 aliphatic rings. The van der Waals surface area contributed by atoms with Gasteiger partial charge in [0.25, 0.3) is 0 Å². The molecule has 9 heteroatoms. The van der Waals surface area contributed by atoms with Gasteiger partial charge in [0.1, 0.15) is 12.6 Å². The number of para-hydroxylation sites is 1. The molecule has 1 atom stereocenters. The number of carbonyl (C=O) groups excluding carboxylic acids is 2. The molecule has 0 spiro atoms. The number of rotatable bonds is 9. The van der Waals surface area contributed by atoms with Gasteiger partial charge in [-0.25, -0.2) is 8.42 Å². The highest BCUT2D eigenvalue weighted by atomic mass is 35.5. The molecule has 0 aliphatic carbocycles. The van der Waals surface area contributed by atoms with Gasteiger partial charge in [0, 0.05) is 18.6 Å². The van der Waals surface area contributed by atoms with Gasteiger partial charge in [-0.05, 0) is 36.6 Å². The van der Waals surface area contributed by atoms with E-state index in [0.29, 0.717) is 22.7 Å². The van der Waals surface area contributed by atoms with Crippen LogP contribution in [0.1, 0.15) is 25.0 Å². The number of amides is 2. The van der Waals surface area contributed by atoms with Gasteiger partial charge < -0.3 is 10.2 Å². The third kappa shape index (κ3) is 6.21. The van der Waals surface area contributed by atoms with Gasteiger partial charge in [-0.1, -0.05) is 54.9 Å². The van der Waals surface area contributed by atoms with Crippen molar-refractivity contribution in [2.45, 2.75) is 32.9 Å². The Morgan fingerprint density at radius 1 is 1.06 bits per heavy atom. The number of nitrogens with one attached hydrogen (secondary N) is 1. The van der Waals surface area contributed by atoms with Gasteiger partial charge in [0.15, 0.2) is 0 Å². The van der Waals surface area contributed by atoms with Crippen molar-refractivity contribution in [1.82, 2.24) is 10.2 Å². The van der Waals surface area contributed by atoms with Crippen molar-refractivity contribution in [3.63, 3.8) is 0 Å². The van der Waals surface area contributed by atoms with E-state index in [4.69, 9.17) is 11.6 Å². The summed E-state index contributed by atoms with van der Waals surface area (Å²) in [4.78, 5) is 27.0. The lowest BCUT2D eigenvalue weighted by molar-refractivity contribution is -0.139. The second-order valence-corrected chi connectivity index (χ2v) is 9.47. The molecule has 7 nitrogen and oxygen atoms in total. The van der Waals surface area contributed by atoms with Crippen LogP contribution in [0.4, 0.5) is 5.69 Å². The average molecular weight is 466 g/mol. The van der Waals surface area contributed by atoms with Crippen LogP contribution in [0.5, 0.6) is 0 Å². The Morgan fingerprint density at radius 2 is 1.65 bits per heavy atom. The highest BCUT2D eigenvalue weighted by Crippen LogP contribution is 2.24. The van der Waals surface area contributed by atoms with Crippen LogP contribution in [-0.2, 0) is 32.6 Å². The zero-order valence-electron chi connectivity index (χ0n) is 18.1. The first-order valence-corrected chi connectivity index (χ1v) is 12.1. The molecule has 2 amide bonds. The zero-order valence-corrected chi connectivity index (χ0v) is 19.7. The molecule has 2 aromatic rings. The molecule has 2 aromatic carbocycles. The minimum Gasteiger partial charge on any atom is -0.357 e. The summed E-state index contributed by atoms with van der Waals surface area (Å²) in [5, 5.41) is 3.00. The van der Waals surface area contributed by atoms with Crippen LogP contribution in [0.3, 0.4) is 0 Å². The summed E-state index contributed by atoms with van der Waals surface area (Å²) in [5.41, 5.74) is 1.91. The lowest BCUT2D eigenvalue weighted by Gasteiger charge is -2.32. The van der Waals surface area contributed by atoms with Crippen molar-refractivity contribution in [2.75, 3.05) is 24.2 Å². The molecule has 0 radical (unpaired) electrons. The van der Waals surface area contributed by atoms with Crippen LogP contribution in [0.15, 0.2) is 48.5 Å². The number of halogens is 1. The highest BCUT2D eigenvalue weighted by molar-refractivity contribution is 7.92. The second-order valence-electron chi connectivity index (χ2n) is 7.16. The van der Waals surface area contributed by atoms with E-state index in [-0.39, 0.29) is 12.5 Å². The van der Waals surface area contributed by atoms with Crippen LogP contribution in [0.25, 0.3) is 0 Å². The van der Waals surface area contributed by atoms with Gasteiger partial charge in [0.05, 0.1) is 11.9 Å². The van der Waals surface area contributed by atoms with Gasteiger partial charge in [-0.2, -0.15) is 0 Å². The van der Waals surface area contributed by atoms with Gasteiger partial charge >= 0.3 is 0 Å². The number of benzene rings is 2. The molecule has 0 saturated heterocycles. The third-order valence-electron chi connectivity index (χ3n) is 5.03. The van der Waals surface area contributed by atoms with Crippen LogP contribution >= 0.6 is 11.6 Å². The number of nitrogens with zero attached hydrogens (tertiary/aromatic N) is 2. The molecule has 0 saturated carbocycles. The molecule has 1 N–H and O–H groups in total. The van der Waals surface area contributed by atoms with E-state index in [1.54, 1.807) is 43.3 Å². The fourth-order valence-corrected chi connectivity index (χ4v) is 4.33. The van der Waals surface area contributed by atoms with E-state index in [9.17, 15) is 18.0 Å². The second kappa shape index (κ2) is 10.6. The number of likely N-dealkylation sites (N-methyl/N-ethyl adjacent to an activating group) is 1. The third-order valence-corrected chi connectivity index (χ3v) is 6.53. The van der Waals surface area contributed by atoms with E-state index in [1.165, 1.54) is 11.9 Å². The van der Waals surface area contributed by atoms with Crippen molar-refractivity contribution < 1.29 is 18.0 Å². The van der Waals surface area contributed by atoms with E-state index in [2.05, 4.69) is 5.32 Å². The first-order valence-electron chi connectivity index (χ1n) is 9.90. The molecule has 0 fully saturated rings. The summed E-state index contributed by atoms with van der Waals surface area (Å²) in [6.45, 7) is 3.15. The van der Waals surface area contributed by atoms with Crippen molar-refractivity contribution in [3.05, 3.63) is 64.7 Å². The summed E-state index contributed by atoms with van der Waals surface area (Å²) in [5.74, 6) is -0.868. The van der Waals surface area contributed by atoms with Crippen molar-refractivity contribution >= 4 is 39.1 Å². The minimum absolute atomic E-state index is 0.0696. The largest absolute Gasteiger partial charge is 0.357 e. The monoisotopic (exact) mass is 465 g/mol. The Labute approximate surface area is 189 Å². The lowest BCUT2D eigenvalue weighted by atomic mass is 10.1. The summed E-state index contributed by atoms with van der Waals surface area (Å²) in [6.07, 6.45) is 1.67. The SMILES string of the molecule is CCc1ccccc1N(CC(=O)N(Cc1ccccc1Cl)C(C)C(=O)NC)S(C)(=O)=O. The molecule has 0 heterocycles. The Morgan fingerprint density at radius 3 is 2.19 bits per heavy atom. The molecular formula is C22H28ClN3O4S. The number of anilines is 1. The molecule has 168 valence electrons. The van der Waals surface area contributed by atoms with E-state index >= 15 is 0 Å². The van der Waals surface area contributed by atoms with Gasteiger partial charge in [-0.15, -0.1) is 0 Å². The first kappa shape index (κ1) is 24.7. The smallest absolute Gasteiger partial charge is 0.244 e. The normalized spacial score (nSPS) is 12.2. The fourth-order valence-electron chi connectivity index (χ4n) is 3.25. The maximum Gasteiger partial charge on any atom is 0.244 e. The van der Waals surface area contributed by atoms with E-state index in [0.717, 1.165) is 16.1 Å². The van der Waals surface area contributed by atoms with Crippen molar-refractivity contribution in [1.29, 1.82) is 0 Å². The quantitative estimate of drug-likeness (QED) is 0.617. The maximum atomic E-state index is 13.3. The van der Waals surface area contributed by atoms with Crippen LogP contribution in [0.2, 0.25) is 5.02 Å². The van der Waals surface area contributed by atoms with Gasteiger partial charge in [-0.3, -0.25) is 13.9 Å². The maximum absolute atomic E-state index is 13.3. The number of aryl methyl sites for hydroxylation is 1. The molecule has 0 aromatic heterocycles. The van der Waals surface area contributed by atoms with Crippen molar-refractivity contribution in [2.24, 2.45) is 0 Å². The van der Waals surface area contributed by atoms with Crippen molar-refractivity contribution in [3.8, 4) is 0 Å². The number of hydrogen-bond donors (Lipinski definition) is 1. The fraction of sp³-hybridized carbons (Fsp3) is 0.364. The number of carbonyl (C=O) groups is 2. The van der Waals surface area contributed by atoms with E-state index < -0.39 is 28.5 Å². The standard InChI is InChI=1S/C22H28ClN3O4S/c1-5-17-10-7-9-13-20(17)26(31(4,29)30)15-21(27)25(16(2)22(28)24-3)14-18-11-6-8-12-19(18)23/h6-13,16H,5,14-15H2,1-4H3,(H,24,28). The Balaban J connectivity index is 2.44. The lowest BCUT2D eigenvalue weighted by Crippen LogP contribution is -2.50. The Kier molecular flexibility index (Phi) is 8.47. The predicted octanol–water partition coefficient (Wildman–Crippen LogP) is 2.83. The Hall–Kier alpha value is -2.58. The van der Waals surface area contributed by atoms with E-state index in [1.807, 2.05) is 19.1 Å². The summed E-state index contributed by atoms with van der Waals surface area (Å²) >= 11 is 6.26. The molecule has 1 unspecified atom stereocenters. The highest BCUT2D eigenvalue weighted by Gasteiger charge is 2.30. The van der Waals surface area contributed by atoms with Crippen LogP contribution in [-0.4, -0.2) is 51.0 Å². The summed E-state index contributed by atoms with van der Waals surface area (Å²) in [7, 11) is -2.27.